The van der Waals surface area contributed by atoms with Gasteiger partial charge >= 0.3 is 0 Å². The van der Waals surface area contributed by atoms with E-state index in [1.807, 2.05) is 12.1 Å². The predicted molar refractivity (Wildman–Crippen MR) is 191 cm³/mol. The van der Waals surface area contributed by atoms with E-state index in [1.54, 1.807) is 29.4 Å². The summed E-state index contributed by atoms with van der Waals surface area (Å²) in [7, 11) is 0. The monoisotopic (exact) mass is 688 g/mol. The van der Waals surface area contributed by atoms with Gasteiger partial charge in [-0.05, 0) is 79.3 Å². The first-order chi connectivity index (χ1) is 25.2. The number of hydrogen-bond donors (Lipinski definition) is 1. The molecule has 1 unspecified atom stereocenters. The number of amides is 3. The zero-order valence-electron chi connectivity index (χ0n) is 29.5. The standard InChI is InChI=1S/C38H41N9O4/c48-33-8-7-32(34(49)42-33)46-21-26-17-27(5-6-29(26)35(46)50)44-15-11-38(12-16-44)22-43(23-38)20-25-9-13-45(14-10-25)37-39-18-28(19-40-37)47-24-41-31-4-2-1-3-30(31)36(47)51/h1-6,17-19,24-25,32H,7-16,20-23H2,(H,42,48,49)/i1D. The molecule has 3 amide bonds. The lowest BCUT2D eigenvalue weighted by molar-refractivity contribution is -0.136. The summed E-state index contributed by atoms with van der Waals surface area (Å²) in [5, 5.41) is 2.78. The fourth-order valence-corrected chi connectivity index (χ4v) is 8.82. The molecule has 262 valence electrons. The number of aromatic nitrogens is 4. The molecule has 0 saturated carbocycles. The van der Waals surface area contributed by atoms with Gasteiger partial charge in [0.15, 0.2) is 0 Å². The summed E-state index contributed by atoms with van der Waals surface area (Å²) in [6.45, 7) is 7.62. The van der Waals surface area contributed by atoms with E-state index in [0.717, 1.165) is 82.7 Å². The molecule has 2 aromatic heterocycles. The van der Waals surface area contributed by atoms with Crippen molar-refractivity contribution in [2.24, 2.45) is 11.3 Å². The van der Waals surface area contributed by atoms with Crippen molar-refractivity contribution in [2.75, 3.05) is 55.6 Å². The highest BCUT2D eigenvalue weighted by Gasteiger charge is 2.45. The van der Waals surface area contributed by atoms with E-state index in [1.165, 1.54) is 17.0 Å². The summed E-state index contributed by atoms with van der Waals surface area (Å²) < 4.78 is 9.29. The van der Waals surface area contributed by atoms with Crippen LogP contribution in [0.1, 0.15) is 55.8 Å². The minimum atomic E-state index is -0.592. The Bertz CT molecular complexity index is 2130. The van der Waals surface area contributed by atoms with E-state index < -0.39 is 6.04 Å². The zero-order chi connectivity index (χ0) is 35.6. The van der Waals surface area contributed by atoms with Crippen LogP contribution in [0, 0.1) is 11.3 Å². The van der Waals surface area contributed by atoms with Gasteiger partial charge in [-0.15, -0.1) is 0 Å². The number of fused-ring (bicyclic) bond motifs is 2. The van der Waals surface area contributed by atoms with Crippen molar-refractivity contribution in [2.45, 2.75) is 51.1 Å². The maximum Gasteiger partial charge on any atom is 0.265 e. The third-order valence-electron chi connectivity index (χ3n) is 11.7. The molecule has 5 aliphatic rings. The molecule has 4 aromatic rings. The zero-order valence-corrected chi connectivity index (χ0v) is 28.5. The van der Waals surface area contributed by atoms with Crippen LogP contribution < -0.4 is 20.7 Å². The van der Waals surface area contributed by atoms with E-state index in [2.05, 4.69) is 41.0 Å². The molecule has 4 saturated heterocycles. The molecular weight excluding hydrogens is 646 g/mol. The number of nitrogens with zero attached hydrogens (tertiary/aromatic N) is 8. The molecule has 2 aromatic carbocycles. The van der Waals surface area contributed by atoms with Crippen LogP contribution in [0.4, 0.5) is 11.6 Å². The summed E-state index contributed by atoms with van der Waals surface area (Å²) in [6, 6.07) is 10.6. The van der Waals surface area contributed by atoms with Crippen LogP contribution in [0.5, 0.6) is 0 Å². The van der Waals surface area contributed by atoms with Gasteiger partial charge in [-0.3, -0.25) is 29.1 Å². The Labute approximate surface area is 296 Å². The van der Waals surface area contributed by atoms with E-state index in [9.17, 15) is 19.2 Å². The van der Waals surface area contributed by atoms with Crippen molar-refractivity contribution >= 4 is 40.3 Å². The van der Waals surface area contributed by atoms with Gasteiger partial charge in [-0.2, -0.15) is 0 Å². The van der Waals surface area contributed by atoms with Crippen molar-refractivity contribution in [3.63, 3.8) is 0 Å². The predicted octanol–water partition coefficient (Wildman–Crippen LogP) is 2.76. The van der Waals surface area contributed by atoms with Crippen LogP contribution in [-0.2, 0) is 16.1 Å². The Balaban J connectivity index is 0.740. The largest absolute Gasteiger partial charge is 0.371 e. The van der Waals surface area contributed by atoms with Crippen molar-refractivity contribution in [1.82, 2.24) is 34.6 Å². The van der Waals surface area contributed by atoms with Crippen LogP contribution in [-0.4, -0.2) is 98.9 Å². The van der Waals surface area contributed by atoms with E-state index >= 15 is 0 Å². The molecule has 0 bridgehead atoms. The number of rotatable bonds is 6. The molecule has 13 heteroatoms. The molecule has 9 rings (SSSR count). The lowest BCUT2D eigenvalue weighted by Crippen LogP contribution is -2.61. The van der Waals surface area contributed by atoms with Gasteiger partial charge in [0.1, 0.15) is 12.4 Å². The normalized spacial score (nSPS) is 22.7. The van der Waals surface area contributed by atoms with Crippen LogP contribution in [0.25, 0.3) is 16.6 Å². The summed E-state index contributed by atoms with van der Waals surface area (Å²) >= 11 is 0. The molecule has 1 atom stereocenters. The van der Waals surface area contributed by atoms with Gasteiger partial charge in [0, 0.05) is 70.0 Å². The number of likely N-dealkylation sites (tertiary alicyclic amines) is 1. The van der Waals surface area contributed by atoms with Crippen molar-refractivity contribution in [1.29, 1.82) is 0 Å². The van der Waals surface area contributed by atoms with Crippen LogP contribution >= 0.6 is 0 Å². The highest BCUT2D eigenvalue weighted by Crippen LogP contribution is 2.42. The number of imide groups is 1. The molecule has 4 fully saturated rings. The number of para-hydroxylation sites is 1. The van der Waals surface area contributed by atoms with Crippen LogP contribution in [0.2, 0.25) is 0 Å². The Hall–Kier alpha value is -5.17. The number of piperidine rings is 3. The molecule has 0 aliphatic carbocycles. The van der Waals surface area contributed by atoms with E-state index in [0.29, 0.717) is 52.4 Å². The minimum Gasteiger partial charge on any atom is -0.371 e. The maximum absolute atomic E-state index is 13.1. The first-order valence-electron chi connectivity index (χ1n) is 18.5. The average Bonchev–Trinajstić information content (AvgIpc) is 3.47. The Morgan fingerprint density at radius 1 is 0.882 bits per heavy atom. The van der Waals surface area contributed by atoms with Crippen LogP contribution in [0.3, 0.4) is 0 Å². The van der Waals surface area contributed by atoms with Gasteiger partial charge in [0.05, 0.1) is 30.4 Å². The first-order valence-corrected chi connectivity index (χ1v) is 18.0. The molecule has 51 heavy (non-hydrogen) atoms. The Morgan fingerprint density at radius 3 is 2.43 bits per heavy atom. The Kier molecular flexibility index (Phi) is 7.54. The van der Waals surface area contributed by atoms with Gasteiger partial charge in [0.2, 0.25) is 17.8 Å². The molecule has 0 radical (unpaired) electrons. The molecule has 1 N–H and O–H groups in total. The lowest BCUT2D eigenvalue weighted by Gasteiger charge is -2.55. The maximum atomic E-state index is 13.1. The summed E-state index contributed by atoms with van der Waals surface area (Å²) in [5.41, 5.74) is 4.00. The quantitative estimate of drug-likeness (QED) is 0.301. The smallest absolute Gasteiger partial charge is 0.265 e. The van der Waals surface area contributed by atoms with E-state index in [-0.39, 0.29) is 35.7 Å². The van der Waals surface area contributed by atoms with Crippen molar-refractivity contribution in [3.8, 4) is 5.69 Å². The van der Waals surface area contributed by atoms with Crippen LogP contribution in [0.15, 0.2) is 66.0 Å². The Morgan fingerprint density at radius 2 is 1.67 bits per heavy atom. The lowest BCUT2D eigenvalue weighted by atomic mass is 9.71. The topological polar surface area (TPSA) is 137 Å². The number of nitrogens with one attached hydrogen (secondary N) is 1. The average molecular weight is 689 g/mol. The SMILES string of the molecule is [2H]c1ccc2ncn(-c3cnc(N4CCC(CN5CC6(CCN(c7ccc8c(c7)CN(C7CCC(=O)NC7=O)C8=O)CC6)C5)CC4)nc3)c(=O)c2c1. The third-order valence-corrected chi connectivity index (χ3v) is 11.7. The number of anilines is 2. The minimum absolute atomic E-state index is 0.129. The number of hydrogen-bond acceptors (Lipinski definition) is 10. The second-order valence-electron chi connectivity index (χ2n) is 14.9. The highest BCUT2D eigenvalue weighted by molar-refractivity contribution is 6.05. The van der Waals surface area contributed by atoms with Gasteiger partial charge in [-0.25, -0.2) is 15.0 Å². The fraction of sp³-hybridized carbons (Fsp3) is 0.447. The fourth-order valence-electron chi connectivity index (χ4n) is 8.82. The molecule has 5 aliphatic heterocycles. The van der Waals surface area contributed by atoms with Crippen molar-refractivity contribution in [3.05, 3.63) is 82.6 Å². The summed E-state index contributed by atoms with van der Waals surface area (Å²) in [5.74, 6) is 0.539. The van der Waals surface area contributed by atoms with Gasteiger partial charge < -0.3 is 19.6 Å². The second-order valence-corrected chi connectivity index (χ2v) is 14.9. The highest BCUT2D eigenvalue weighted by atomic mass is 16.2. The number of carbonyl (C=O) groups is 3. The molecule has 1 spiro atoms. The number of benzene rings is 2. The number of carbonyl (C=O) groups excluding carboxylic acids is 3. The van der Waals surface area contributed by atoms with Gasteiger partial charge in [-0.1, -0.05) is 12.1 Å². The van der Waals surface area contributed by atoms with Crippen molar-refractivity contribution < 1.29 is 15.8 Å². The second kappa shape index (κ2) is 12.6. The summed E-state index contributed by atoms with van der Waals surface area (Å²) in [4.78, 5) is 72.7. The van der Waals surface area contributed by atoms with Gasteiger partial charge in [0.25, 0.3) is 11.5 Å². The summed E-state index contributed by atoms with van der Waals surface area (Å²) in [6.07, 6.45) is 9.94. The van der Waals surface area contributed by atoms with E-state index in [4.69, 9.17) is 1.37 Å². The molecule has 7 heterocycles. The molecular formula is C38H41N9O4. The first kappa shape index (κ1) is 30.6. The third kappa shape index (κ3) is 5.82. The molecule has 13 nitrogen and oxygen atoms in total.